The molecule has 0 atom stereocenters. The molecule has 4 nitrogen and oxygen atoms in total. The molecule has 5 rings (SSSR count). The average Bonchev–Trinajstić information content (AvgIpc) is 3.35. The predicted octanol–water partition coefficient (Wildman–Crippen LogP) is 7.72. The van der Waals surface area contributed by atoms with Gasteiger partial charge in [-0.3, -0.25) is 9.59 Å². The Morgan fingerprint density at radius 2 is 0.974 bits per heavy atom. The largest absolute Gasteiger partial charge is 0.303 e. The highest BCUT2D eigenvalue weighted by atomic mass is 16.1. The summed E-state index contributed by atoms with van der Waals surface area (Å²) in [6.07, 6.45) is 16.9. The van der Waals surface area contributed by atoms with E-state index in [1.807, 2.05) is 12.1 Å². The van der Waals surface area contributed by atoms with Crippen molar-refractivity contribution in [3.63, 3.8) is 0 Å². The van der Waals surface area contributed by atoms with Crippen molar-refractivity contribution in [2.45, 2.75) is 96.3 Å². The summed E-state index contributed by atoms with van der Waals surface area (Å²) in [5, 5.41) is 0. The van der Waals surface area contributed by atoms with Crippen molar-refractivity contribution in [2.24, 2.45) is 0 Å². The third-order valence-corrected chi connectivity index (χ3v) is 9.18. The third kappa shape index (κ3) is 7.89. The van der Waals surface area contributed by atoms with Gasteiger partial charge in [-0.25, -0.2) is 0 Å². The van der Waals surface area contributed by atoms with Gasteiger partial charge in [0.05, 0.1) is 0 Å². The van der Waals surface area contributed by atoms with Crippen molar-refractivity contribution in [3.05, 3.63) is 58.7 Å². The van der Waals surface area contributed by atoms with Gasteiger partial charge in [0, 0.05) is 24.0 Å². The molecule has 4 heteroatoms. The van der Waals surface area contributed by atoms with E-state index >= 15 is 0 Å². The molecule has 0 unspecified atom stereocenters. The van der Waals surface area contributed by atoms with E-state index in [2.05, 4.69) is 34.1 Å². The first kappa shape index (κ1) is 28.2. The lowest BCUT2D eigenvalue weighted by Gasteiger charge is -2.26. The van der Waals surface area contributed by atoms with Crippen LogP contribution in [0, 0.1) is 0 Å². The van der Waals surface area contributed by atoms with Gasteiger partial charge in [-0.1, -0.05) is 49.9 Å². The van der Waals surface area contributed by atoms with E-state index in [1.165, 1.54) is 113 Å². The van der Waals surface area contributed by atoms with Crippen LogP contribution >= 0.6 is 0 Å². The lowest BCUT2D eigenvalue weighted by atomic mass is 9.98. The maximum atomic E-state index is 12.9. The molecule has 0 amide bonds. The SMILES string of the molecule is O=C(CCCCCN1CCCCC1)c1ccc2c(c1)Cc1cc(C(=O)CCCCCN3CCCCC3)ccc1-2. The van der Waals surface area contributed by atoms with Crippen LogP contribution in [0.3, 0.4) is 0 Å². The van der Waals surface area contributed by atoms with E-state index in [0.717, 1.165) is 43.2 Å². The molecule has 2 aromatic carbocycles. The number of piperidine rings is 2. The standard InChI is InChI=1S/C35H48N2O2/c38-34(13-5-1-7-19-36-21-9-3-10-22-36)28-15-17-32-30(25-28)27-31-26-29(16-18-33(31)32)35(39)14-6-2-8-20-37-23-11-4-12-24-37/h15-18,25-26H,1-14,19-24,27H2. The molecule has 3 aliphatic rings. The highest BCUT2D eigenvalue weighted by Gasteiger charge is 2.21. The number of fused-ring (bicyclic) bond motifs is 3. The monoisotopic (exact) mass is 528 g/mol. The minimum atomic E-state index is 0.267. The van der Waals surface area contributed by atoms with Crippen molar-refractivity contribution in [1.82, 2.24) is 9.80 Å². The van der Waals surface area contributed by atoms with Gasteiger partial charge in [0.15, 0.2) is 11.6 Å². The lowest BCUT2D eigenvalue weighted by Crippen LogP contribution is -2.30. The number of carbonyl (C=O) groups excluding carboxylic acids is 2. The Balaban J connectivity index is 1.05. The molecule has 0 radical (unpaired) electrons. The van der Waals surface area contributed by atoms with Crippen molar-refractivity contribution < 1.29 is 9.59 Å². The van der Waals surface area contributed by atoms with Gasteiger partial charge in [-0.05, 0) is 131 Å². The summed E-state index contributed by atoms with van der Waals surface area (Å²) >= 11 is 0. The number of nitrogens with zero attached hydrogens (tertiary/aromatic N) is 2. The van der Waals surface area contributed by atoms with Crippen LogP contribution in [0.1, 0.15) is 122 Å². The Morgan fingerprint density at radius 3 is 1.41 bits per heavy atom. The van der Waals surface area contributed by atoms with Crippen LogP contribution in [0.5, 0.6) is 0 Å². The zero-order chi connectivity index (χ0) is 26.9. The van der Waals surface area contributed by atoms with Crippen LogP contribution < -0.4 is 0 Å². The van der Waals surface area contributed by atoms with Crippen molar-refractivity contribution in [2.75, 3.05) is 39.3 Å². The van der Waals surface area contributed by atoms with Crippen LogP contribution in [0.4, 0.5) is 0 Å². The fraction of sp³-hybridized carbons (Fsp3) is 0.600. The van der Waals surface area contributed by atoms with Crippen molar-refractivity contribution >= 4 is 11.6 Å². The summed E-state index contributed by atoms with van der Waals surface area (Å²) in [7, 11) is 0. The smallest absolute Gasteiger partial charge is 0.162 e. The number of ketones is 2. The summed E-state index contributed by atoms with van der Waals surface area (Å²) in [6.45, 7) is 7.40. The first-order valence-corrected chi connectivity index (χ1v) is 15.9. The quantitative estimate of drug-likeness (QED) is 0.159. The molecule has 2 fully saturated rings. The Hall–Kier alpha value is -2.30. The van der Waals surface area contributed by atoms with Crippen LogP contribution in [-0.2, 0) is 6.42 Å². The number of unbranched alkanes of at least 4 members (excludes halogenated alkanes) is 4. The molecule has 2 heterocycles. The summed E-state index contributed by atoms with van der Waals surface area (Å²) in [4.78, 5) is 31.0. The second-order valence-electron chi connectivity index (χ2n) is 12.2. The molecule has 2 saturated heterocycles. The summed E-state index contributed by atoms with van der Waals surface area (Å²) in [5.41, 5.74) is 6.59. The summed E-state index contributed by atoms with van der Waals surface area (Å²) < 4.78 is 0. The van der Waals surface area contributed by atoms with Gasteiger partial charge in [-0.15, -0.1) is 0 Å². The topological polar surface area (TPSA) is 40.6 Å². The fourth-order valence-corrected chi connectivity index (χ4v) is 6.81. The third-order valence-electron chi connectivity index (χ3n) is 9.18. The molecule has 0 aromatic heterocycles. The Morgan fingerprint density at radius 1 is 0.538 bits per heavy atom. The molecule has 1 aliphatic carbocycles. The number of Topliss-reactive ketones (excluding diaryl/α,β-unsaturated/α-hetero) is 2. The zero-order valence-corrected chi connectivity index (χ0v) is 24.0. The molecular weight excluding hydrogens is 480 g/mol. The molecule has 0 spiro atoms. The predicted molar refractivity (Wildman–Crippen MR) is 161 cm³/mol. The van der Waals surface area contributed by atoms with E-state index < -0.39 is 0 Å². The number of likely N-dealkylation sites (tertiary alicyclic amines) is 2. The number of hydrogen-bond donors (Lipinski definition) is 0. The molecular formula is C35H48N2O2. The maximum absolute atomic E-state index is 12.9. The van der Waals surface area contributed by atoms with E-state index in [0.29, 0.717) is 12.8 Å². The fourth-order valence-electron chi connectivity index (χ4n) is 6.81. The van der Waals surface area contributed by atoms with Gasteiger partial charge < -0.3 is 9.80 Å². The number of benzene rings is 2. The molecule has 0 saturated carbocycles. The van der Waals surface area contributed by atoms with Gasteiger partial charge in [-0.2, -0.15) is 0 Å². The normalized spacial score (nSPS) is 17.6. The summed E-state index contributed by atoms with van der Waals surface area (Å²) in [5.74, 6) is 0.533. The van der Waals surface area contributed by atoms with E-state index in [4.69, 9.17) is 0 Å². The zero-order valence-electron chi connectivity index (χ0n) is 24.0. The Labute approximate surface area is 236 Å². The first-order chi connectivity index (χ1) is 19.2. The van der Waals surface area contributed by atoms with Crippen molar-refractivity contribution in [1.29, 1.82) is 0 Å². The lowest BCUT2D eigenvalue weighted by molar-refractivity contribution is 0.0970. The van der Waals surface area contributed by atoms with Gasteiger partial charge >= 0.3 is 0 Å². The Kier molecular flexibility index (Phi) is 10.4. The van der Waals surface area contributed by atoms with Crippen LogP contribution in [-0.4, -0.2) is 60.6 Å². The molecule has 0 N–H and O–H groups in total. The van der Waals surface area contributed by atoms with E-state index in [1.54, 1.807) is 0 Å². The van der Waals surface area contributed by atoms with Crippen LogP contribution in [0.15, 0.2) is 36.4 Å². The maximum Gasteiger partial charge on any atom is 0.162 e. The number of rotatable bonds is 14. The molecule has 2 aromatic rings. The highest BCUT2D eigenvalue weighted by Crippen LogP contribution is 2.38. The molecule has 2 aliphatic heterocycles. The second kappa shape index (κ2) is 14.4. The van der Waals surface area contributed by atoms with Crippen LogP contribution in [0.25, 0.3) is 11.1 Å². The number of hydrogen-bond acceptors (Lipinski definition) is 4. The first-order valence-electron chi connectivity index (χ1n) is 15.9. The number of carbonyl (C=O) groups is 2. The summed E-state index contributed by atoms with van der Waals surface area (Å²) in [6, 6.07) is 12.5. The van der Waals surface area contributed by atoms with Crippen LogP contribution in [0.2, 0.25) is 0 Å². The van der Waals surface area contributed by atoms with E-state index in [9.17, 15) is 9.59 Å². The molecule has 210 valence electrons. The van der Waals surface area contributed by atoms with E-state index in [-0.39, 0.29) is 11.6 Å². The molecule has 0 bridgehead atoms. The highest BCUT2D eigenvalue weighted by molar-refractivity contribution is 5.99. The minimum Gasteiger partial charge on any atom is -0.303 e. The van der Waals surface area contributed by atoms with Gasteiger partial charge in [0.25, 0.3) is 0 Å². The second-order valence-corrected chi connectivity index (χ2v) is 12.2. The van der Waals surface area contributed by atoms with Gasteiger partial charge in [0.1, 0.15) is 0 Å². The Bertz CT molecular complexity index is 1020. The van der Waals surface area contributed by atoms with Crippen molar-refractivity contribution in [3.8, 4) is 11.1 Å². The molecule has 39 heavy (non-hydrogen) atoms. The average molecular weight is 529 g/mol. The van der Waals surface area contributed by atoms with Gasteiger partial charge in [0.2, 0.25) is 0 Å². The minimum absolute atomic E-state index is 0.267.